The van der Waals surface area contributed by atoms with Gasteiger partial charge in [-0.2, -0.15) is 17.6 Å². The molecule has 7 nitrogen and oxygen atoms in total. The van der Waals surface area contributed by atoms with E-state index in [4.69, 9.17) is 16.7 Å². The summed E-state index contributed by atoms with van der Waals surface area (Å²) in [5, 5.41) is 19.2. The Balaban J connectivity index is 1.90. The number of pyridine rings is 2. The van der Waals surface area contributed by atoms with Crippen LogP contribution >= 0.6 is 23.7 Å². The number of carboxylic acid groups (broad SMARTS) is 1. The number of nitrogens with zero attached hydrogens (tertiary/aromatic N) is 4. The largest absolute Gasteiger partial charge is 0.478 e. The molecule has 0 amide bonds. The summed E-state index contributed by atoms with van der Waals surface area (Å²) < 4.78 is 40.9. The third-order valence-electron chi connectivity index (χ3n) is 3.93. The monoisotopic (exact) mass is 470 g/mol. The van der Waals surface area contributed by atoms with Crippen molar-refractivity contribution in [1.29, 1.82) is 0 Å². The maximum Gasteiger partial charge on any atom is 0.417 e. The zero-order valence-electron chi connectivity index (χ0n) is 15.5. The summed E-state index contributed by atoms with van der Waals surface area (Å²) in [5.41, 5.74) is -0.208. The fourth-order valence-corrected chi connectivity index (χ4v) is 3.56. The van der Waals surface area contributed by atoms with Gasteiger partial charge in [-0.25, -0.2) is 9.78 Å². The molecule has 0 bridgehead atoms. The van der Waals surface area contributed by atoms with Crippen LogP contribution in [0.5, 0.6) is 0 Å². The first-order chi connectivity index (χ1) is 14.6. The highest BCUT2D eigenvalue weighted by Crippen LogP contribution is 2.37. The van der Waals surface area contributed by atoms with Crippen LogP contribution in [-0.4, -0.2) is 26.3 Å². The van der Waals surface area contributed by atoms with Crippen LogP contribution in [0.4, 0.5) is 24.7 Å². The number of aromatic carboxylic acids is 1. The van der Waals surface area contributed by atoms with Gasteiger partial charge in [0.15, 0.2) is 5.82 Å². The van der Waals surface area contributed by atoms with Gasteiger partial charge in [0.05, 0.1) is 46.2 Å². The number of anilines is 2. The zero-order valence-corrected chi connectivity index (χ0v) is 17.1. The summed E-state index contributed by atoms with van der Waals surface area (Å²) in [6, 6.07) is 11.2. The molecule has 12 heteroatoms. The van der Waals surface area contributed by atoms with E-state index in [0.29, 0.717) is 28.5 Å². The van der Waals surface area contributed by atoms with Crippen molar-refractivity contribution in [1.82, 2.24) is 9.97 Å². The molecule has 3 aromatic rings. The Morgan fingerprint density at radius 3 is 2.39 bits per heavy atom. The lowest BCUT2D eigenvalue weighted by molar-refractivity contribution is -0.137. The summed E-state index contributed by atoms with van der Waals surface area (Å²) in [4.78, 5) is 19.0. The maximum absolute atomic E-state index is 13.0. The first-order valence-corrected chi connectivity index (χ1v) is 9.66. The van der Waals surface area contributed by atoms with E-state index in [0.717, 1.165) is 6.07 Å². The average molecular weight is 471 g/mol. The minimum Gasteiger partial charge on any atom is -0.478 e. The van der Waals surface area contributed by atoms with Crippen LogP contribution in [-0.2, 0) is 12.7 Å². The van der Waals surface area contributed by atoms with Crippen molar-refractivity contribution in [3.8, 4) is 0 Å². The third kappa shape index (κ3) is 5.78. The Bertz CT molecular complexity index is 1060. The molecule has 162 valence electrons. The van der Waals surface area contributed by atoms with E-state index in [1.54, 1.807) is 24.4 Å². The van der Waals surface area contributed by atoms with Gasteiger partial charge in [-0.05, 0) is 42.5 Å². The number of halogens is 4. The van der Waals surface area contributed by atoms with Gasteiger partial charge in [0.1, 0.15) is 0 Å². The second-order valence-corrected chi connectivity index (χ2v) is 7.45. The molecule has 2 heterocycles. The van der Waals surface area contributed by atoms with E-state index in [2.05, 4.69) is 9.97 Å². The molecule has 0 fully saturated rings. The highest BCUT2D eigenvalue weighted by Gasteiger charge is 2.32. The number of benzene rings is 1. The number of hydrogen-bond donors (Lipinski definition) is 2. The normalized spacial score (nSPS) is 11.3. The number of rotatable bonds is 7. The van der Waals surface area contributed by atoms with Crippen molar-refractivity contribution in [2.24, 2.45) is 0 Å². The summed E-state index contributed by atoms with van der Waals surface area (Å²) in [6.07, 6.45) is -2.42. The van der Waals surface area contributed by atoms with Gasteiger partial charge in [-0.3, -0.25) is 14.5 Å². The van der Waals surface area contributed by atoms with Crippen LogP contribution < -0.4 is 8.77 Å². The number of carboxylic acids is 1. The first kappa shape index (κ1) is 22.7. The standard InChI is InChI=1S/C19H14ClF3N4O3S/c20-16-9-13(19(21,22)23)10-25-17(16)26(11-14-3-1-2-8-24-14)31-27(30)15-6-4-12(5-7-15)18(28)29/h1-10,30H,11H2,(H,28,29). The second kappa shape index (κ2) is 9.41. The SMILES string of the molecule is O=C(O)c1ccc(N(O)SN(Cc2ccccn2)c2ncc(C(F)(F)F)cc2Cl)cc1. The average Bonchev–Trinajstić information content (AvgIpc) is 2.73. The fraction of sp³-hybridized carbons (Fsp3) is 0.105. The molecule has 31 heavy (non-hydrogen) atoms. The summed E-state index contributed by atoms with van der Waals surface area (Å²) >= 11 is 6.77. The molecule has 2 aromatic heterocycles. The predicted molar refractivity (Wildman–Crippen MR) is 110 cm³/mol. The third-order valence-corrected chi connectivity index (χ3v) is 5.07. The Morgan fingerprint density at radius 2 is 1.84 bits per heavy atom. The van der Waals surface area contributed by atoms with Crippen LogP contribution in [0, 0.1) is 0 Å². The molecule has 0 radical (unpaired) electrons. The van der Waals surface area contributed by atoms with Crippen molar-refractivity contribution in [3.05, 3.63) is 82.8 Å². The molecule has 2 N–H and O–H groups in total. The van der Waals surface area contributed by atoms with E-state index >= 15 is 0 Å². The highest BCUT2D eigenvalue weighted by atomic mass is 35.5. The smallest absolute Gasteiger partial charge is 0.417 e. The number of carbonyl (C=O) groups is 1. The topological polar surface area (TPSA) is 89.8 Å². The number of aromatic nitrogens is 2. The van der Waals surface area contributed by atoms with Gasteiger partial charge in [0.25, 0.3) is 0 Å². The van der Waals surface area contributed by atoms with Crippen molar-refractivity contribution in [3.63, 3.8) is 0 Å². The van der Waals surface area contributed by atoms with Crippen LogP contribution in [0.1, 0.15) is 21.6 Å². The Kier molecular flexibility index (Phi) is 6.88. The lowest BCUT2D eigenvalue weighted by Crippen LogP contribution is -2.24. The quantitative estimate of drug-likeness (QED) is 0.354. The molecule has 0 saturated heterocycles. The van der Waals surface area contributed by atoms with Crippen LogP contribution in [0.25, 0.3) is 0 Å². The van der Waals surface area contributed by atoms with Gasteiger partial charge in [-0.1, -0.05) is 17.7 Å². The van der Waals surface area contributed by atoms with E-state index in [1.165, 1.54) is 28.6 Å². The fourth-order valence-electron chi connectivity index (χ4n) is 2.42. The molecule has 0 unspecified atom stereocenters. The first-order valence-electron chi connectivity index (χ1n) is 8.56. The van der Waals surface area contributed by atoms with Crippen LogP contribution in [0.3, 0.4) is 0 Å². The highest BCUT2D eigenvalue weighted by molar-refractivity contribution is 8.01. The Morgan fingerprint density at radius 1 is 1.13 bits per heavy atom. The maximum atomic E-state index is 13.0. The van der Waals surface area contributed by atoms with Crippen LogP contribution in [0.15, 0.2) is 60.9 Å². The Hall–Kier alpha value is -3.02. The molecule has 3 rings (SSSR count). The summed E-state index contributed by atoms with van der Waals surface area (Å²) in [7, 11) is 0. The molecule has 0 aliphatic rings. The van der Waals surface area contributed by atoms with E-state index in [1.807, 2.05) is 0 Å². The lowest BCUT2D eigenvalue weighted by Gasteiger charge is -2.27. The van der Waals surface area contributed by atoms with Crippen molar-refractivity contribution < 1.29 is 28.3 Å². The van der Waals surface area contributed by atoms with Gasteiger partial charge in [0.2, 0.25) is 0 Å². The molecule has 0 saturated carbocycles. The number of alkyl halides is 3. The second-order valence-electron chi connectivity index (χ2n) is 6.09. The molecule has 0 aliphatic heterocycles. The molecule has 0 atom stereocenters. The summed E-state index contributed by atoms with van der Waals surface area (Å²) in [6.45, 7) is 0.0495. The molecular weight excluding hydrogens is 457 g/mol. The lowest BCUT2D eigenvalue weighted by atomic mass is 10.2. The van der Waals surface area contributed by atoms with E-state index in [-0.39, 0.29) is 28.6 Å². The molecule has 1 aromatic carbocycles. The van der Waals surface area contributed by atoms with E-state index in [9.17, 15) is 23.2 Å². The van der Waals surface area contributed by atoms with Gasteiger partial charge in [0, 0.05) is 12.4 Å². The Labute approximate surface area is 183 Å². The molecular formula is C19H14ClF3N4O3S. The van der Waals surface area contributed by atoms with Crippen molar-refractivity contribution in [2.75, 3.05) is 8.77 Å². The predicted octanol–water partition coefficient (Wildman–Crippen LogP) is 5.31. The minimum absolute atomic E-state index is 0.0217. The van der Waals surface area contributed by atoms with E-state index < -0.39 is 17.7 Å². The number of hydrogen-bond acceptors (Lipinski definition) is 7. The van der Waals surface area contributed by atoms with Gasteiger partial charge >= 0.3 is 12.1 Å². The van der Waals surface area contributed by atoms with Crippen molar-refractivity contribution in [2.45, 2.75) is 12.7 Å². The molecule has 0 aliphatic carbocycles. The van der Waals surface area contributed by atoms with Gasteiger partial charge in [-0.15, -0.1) is 0 Å². The van der Waals surface area contributed by atoms with Crippen LogP contribution in [0.2, 0.25) is 5.02 Å². The minimum atomic E-state index is -4.61. The van der Waals surface area contributed by atoms with Gasteiger partial charge < -0.3 is 5.11 Å². The van der Waals surface area contributed by atoms with Crippen molar-refractivity contribution >= 4 is 41.2 Å². The molecule has 0 spiro atoms. The zero-order chi connectivity index (χ0) is 22.6. The summed E-state index contributed by atoms with van der Waals surface area (Å²) in [5.74, 6) is -1.15.